The van der Waals surface area contributed by atoms with Gasteiger partial charge in [0.05, 0.1) is 11.8 Å². The lowest BCUT2D eigenvalue weighted by Gasteiger charge is -2.25. The van der Waals surface area contributed by atoms with Gasteiger partial charge < -0.3 is 24.6 Å². The van der Waals surface area contributed by atoms with E-state index in [1.54, 1.807) is 24.3 Å². The molecule has 45 heavy (non-hydrogen) atoms. The van der Waals surface area contributed by atoms with Crippen molar-refractivity contribution in [3.05, 3.63) is 108 Å². The first-order chi connectivity index (χ1) is 21.8. The van der Waals surface area contributed by atoms with Crippen molar-refractivity contribution in [2.45, 2.75) is 58.3 Å². The highest BCUT2D eigenvalue weighted by Crippen LogP contribution is 2.26. The molecule has 0 saturated carbocycles. The molecule has 2 N–H and O–H groups in total. The maximum absolute atomic E-state index is 13.4. The number of aliphatic carboxylic acids is 1. The molecule has 10 heteroatoms. The van der Waals surface area contributed by atoms with E-state index < -0.39 is 41.6 Å². The van der Waals surface area contributed by atoms with Crippen LogP contribution in [0.15, 0.2) is 91.0 Å². The third-order valence-electron chi connectivity index (χ3n) is 7.02. The summed E-state index contributed by atoms with van der Waals surface area (Å²) in [5.41, 5.74) is 2.38. The Hall–Kier alpha value is -4.99. The molecule has 0 radical (unpaired) electrons. The number of esters is 3. The highest BCUT2D eigenvalue weighted by molar-refractivity contribution is 5.86. The lowest BCUT2D eigenvalue weighted by molar-refractivity contribution is -0.156. The molecule has 3 rings (SSSR count). The second-order valence-corrected chi connectivity index (χ2v) is 10.5. The lowest BCUT2D eigenvalue weighted by Crippen LogP contribution is -2.40. The van der Waals surface area contributed by atoms with Crippen LogP contribution in [-0.4, -0.2) is 41.4 Å². The Morgan fingerprint density at radius 3 is 1.51 bits per heavy atom. The first-order valence-corrected chi connectivity index (χ1v) is 14.9. The minimum absolute atomic E-state index is 0.0538. The maximum Gasteiger partial charge on any atom is 0.310 e. The van der Waals surface area contributed by atoms with Gasteiger partial charge in [-0.1, -0.05) is 91.0 Å². The molecule has 1 amide bonds. The molecule has 238 valence electrons. The van der Waals surface area contributed by atoms with E-state index >= 15 is 0 Å². The van der Waals surface area contributed by atoms with Gasteiger partial charge in [-0.2, -0.15) is 0 Å². The van der Waals surface area contributed by atoms with Crippen molar-refractivity contribution < 1.29 is 43.3 Å². The predicted octanol–water partition coefficient (Wildman–Crippen LogP) is 4.99. The predicted molar refractivity (Wildman–Crippen MR) is 164 cm³/mol. The number of ether oxygens (including phenoxy) is 3. The van der Waals surface area contributed by atoms with E-state index in [9.17, 15) is 29.1 Å². The molecule has 0 aliphatic rings. The highest BCUT2D eigenvalue weighted by Gasteiger charge is 2.35. The van der Waals surface area contributed by atoms with Crippen LogP contribution < -0.4 is 5.32 Å². The van der Waals surface area contributed by atoms with E-state index in [0.29, 0.717) is 0 Å². The summed E-state index contributed by atoms with van der Waals surface area (Å²) in [6, 6.07) is 27.3. The quantitative estimate of drug-likeness (QED) is 0.108. The molecule has 0 aliphatic heterocycles. The molecule has 3 aromatic carbocycles. The van der Waals surface area contributed by atoms with Crippen LogP contribution in [0, 0.1) is 11.8 Å². The second-order valence-electron chi connectivity index (χ2n) is 10.5. The summed E-state index contributed by atoms with van der Waals surface area (Å²) in [5, 5.41) is 12.1. The summed E-state index contributed by atoms with van der Waals surface area (Å²) in [5.74, 6) is -5.59. The molecule has 3 aromatic rings. The van der Waals surface area contributed by atoms with Crippen molar-refractivity contribution in [3.63, 3.8) is 0 Å². The molecular weight excluding hydrogens is 578 g/mol. The van der Waals surface area contributed by atoms with Crippen LogP contribution in [0.25, 0.3) is 0 Å². The molecule has 0 fully saturated rings. The summed E-state index contributed by atoms with van der Waals surface area (Å²) in [7, 11) is 0. The minimum Gasteiger partial charge on any atom is -0.481 e. The summed E-state index contributed by atoms with van der Waals surface area (Å²) in [6.45, 7) is 0.254. The average Bonchev–Trinajstić information content (AvgIpc) is 3.06. The zero-order valence-electron chi connectivity index (χ0n) is 25.1. The zero-order chi connectivity index (χ0) is 32.3. The van der Waals surface area contributed by atoms with E-state index in [1.807, 2.05) is 66.7 Å². The molecule has 2 atom stereocenters. The monoisotopic (exact) mass is 617 g/mol. The van der Waals surface area contributed by atoms with Gasteiger partial charge in [-0.25, -0.2) is 0 Å². The number of carboxylic acids is 1. The third kappa shape index (κ3) is 13.5. The zero-order valence-corrected chi connectivity index (χ0v) is 25.1. The summed E-state index contributed by atoms with van der Waals surface area (Å²) >= 11 is 0. The Morgan fingerprint density at radius 1 is 0.578 bits per heavy atom. The van der Waals surface area contributed by atoms with Gasteiger partial charge in [0.25, 0.3) is 0 Å². The van der Waals surface area contributed by atoms with Gasteiger partial charge >= 0.3 is 23.9 Å². The smallest absolute Gasteiger partial charge is 0.310 e. The van der Waals surface area contributed by atoms with E-state index in [0.717, 1.165) is 16.7 Å². The SMILES string of the molecule is O=C(O)CCC(C(=O)OCc1ccccc1)C(CCC(=O)OCc1ccccc1)C(=O)NCCCC(=O)OCc1ccccc1. The fraction of sp³-hybridized carbons (Fsp3) is 0.343. The van der Waals surface area contributed by atoms with E-state index in [1.165, 1.54) is 0 Å². The van der Waals surface area contributed by atoms with Gasteiger partial charge in [-0.3, -0.25) is 24.0 Å². The van der Waals surface area contributed by atoms with Crippen LogP contribution in [-0.2, 0) is 58.0 Å². The largest absolute Gasteiger partial charge is 0.481 e. The van der Waals surface area contributed by atoms with Crippen molar-refractivity contribution in [1.29, 1.82) is 0 Å². The van der Waals surface area contributed by atoms with Gasteiger partial charge in [-0.05, 0) is 36.0 Å². The fourth-order valence-corrected chi connectivity index (χ4v) is 4.58. The Kier molecular flexibility index (Phi) is 14.8. The summed E-state index contributed by atoms with van der Waals surface area (Å²) in [4.78, 5) is 62.9. The van der Waals surface area contributed by atoms with Crippen molar-refractivity contribution in [2.75, 3.05) is 6.54 Å². The number of hydrogen-bond donors (Lipinski definition) is 2. The fourth-order valence-electron chi connectivity index (χ4n) is 4.58. The first kappa shape index (κ1) is 34.5. The topological polar surface area (TPSA) is 145 Å². The molecule has 2 unspecified atom stereocenters. The average molecular weight is 618 g/mol. The minimum atomic E-state index is -1.13. The molecule has 0 saturated heterocycles. The van der Waals surface area contributed by atoms with Crippen LogP contribution >= 0.6 is 0 Å². The Bertz CT molecular complexity index is 1360. The Labute approximate surface area is 262 Å². The lowest BCUT2D eigenvalue weighted by atomic mass is 9.84. The number of benzene rings is 3. The van der Waals surface area contributed by atoms with Crippen LogP contribution in [0.5, 0.6) is 0 Å². The van der Waals surface area contributed by atoms with Crippen LogP contribution in [0.1, 0.15) is 55.2 Å². The van der Waals surface area contributed by atoms with Gasteiger partial charge in [-0.15, -0.1) is 0 Å². The second kappa shape index (κ2) is 19.3. The number of amides is 1. The summed E-state index contributed by atoms with van der Waals surface area (Å²) in [6.07, 6.45) is -0.434. The van der Waals surface area contributed by atoms with Gasteiger partial charge in [0, 0.05) is 25.8 Å². The van der Waals surface area contributed by atoms with Crippen molar-refractivity contribution in [2.24, 2.45) is 11.8 Å². The Morgan fingerprint density at radius 2 is 1.02 bits per heavy atom. The van der Waals surface area contributed by atoms with Gasteiger partial charge in [0.15, 0.2) is 0 Å². The molecule has 0 aromatic heterocycles. The Balaban J connectivity index is 1.61. The first-order valence-electron chi connectivity index (χ1n) is 14.9. The highest BCUT2D eigenvalue weighted by atomic mass is 16.5. The molecule has 10 nitrogen and oxygen atoms in total. The third-order valence-corrected chi connectivity index (χ3v) is 7.02. The van der Waals surface area contributed by atoms with E-state index in [4.69, 9.17) is 14.2 Å². The molecular formula is C35H39NO9. The van der Waals surface area contributed by atoms with Crippen LogP contribution in [0.3, 0.4) is 0 Å². The molecule has 0 spiro atoms. The van der Waals surface area contributed by atoms with Crippen molar-refractivity contribution >= 4 is 29.8 Å². The normalized spacial score (nSPS) is 11.9. The number of nitrogens with one attached hydrogen (secondary N) is 1. The standard InChI is InChI=1S/C35H39NO9/c37-31(38)20-18-30(35(42)45-25-28-15-8-3-9-16-28)29(19-21-33(40)44-24-27-13-6-2-7-14-27)34(41)36-22-10-17-32(39)43-23-26-11-4-1-5-12-26/h1-9,11-16,29-30H,10,17-25H2,(H,36,41)(H,37,38). The molecule has 0 aliphatic carbocycles. The number of carbonyl (C=O) groups is 5. The maximum atomic E-state index is 13.4. The van der Waals surface area contributed by atoms with Crippen LogP contribution in [0.2, 0.25) is 0 Å². The number of rotatable bonds is 19. The number of carboxylic acid groups (broad SMARTS) is 1. The summed E-state index contributed by atoms with van der Waals surface area (Å²) < 4.78 is 16.1. The van der Waals surface area contributed by atoms with E-state index in [-0.39, 0.29) is 64.9 Å². The van der Waals surface area contributed by atoms with Gasteiger partial charge in [0.2, 0.25) is 5.91 Å². The molecule has 0 heterocycles. The molecule has 0 bridgehead atoms. The van der Waals surface area contributed by atoms with Crippen molar-refractivity contribution in [3.8, 4) is 0 Å². The number of carbonyl (C=O) groups excluding carboxylic acids is 4. The van der Waals surface area contributed by atoms with Gasteiger partial charge in [0.1, 0.15) is 19.8 Å². The van der Waals surface area contributed by atoms with Crippen LogP contribution in [0.4, 0.5) is 0 Å². The van der Waals surface area contributed by atoms with Crippen molar-refractivity contribution in [1.82, 2.24) is 5.32 Å². The van der Waals surface area contributed by atoms with E-state index in [2.05, 4.69) is 5.32 Å². The number of hydrogen-bond acceptors (Lipinski definition) is 8.